The van der Waals surface area contributed by atoms with E-state index in [1.165, 1.54) is 136 Å². The zero-order chi connectivity index (χ0) is 61.3. The molecule has 6 aliphatic carbocycles. The fourth-order valence-corrected chi connectivity index (χ4v) is 16.9. The van der Waals surface area contributed by atoms with E-state index in [0.29, 0.717) is 17.8 Å². The van der Waals surface area contributed by atoms with Crippen LogP contribution < -0.4 is 13.7 Å². The Morgan fingerprint density at radius 3 is 1.16 bits per heavy atom. The second kappa shape index (κ2) is 23.6. The zero-order valence-electron chi connectivity index (χ0n) is 55.2. The average Bonchev–Trinajstić information content (AvgIpc) is 1.54. The van der Waals surface area contributed by atoms with Gasteiger partial charge in [0.25, 0.3) is 0 Å². The van der Waals surface area contributed by atoms with E-state index in [1.54, 1.807) is 5.56 Å². The normalized spacial score (nSPS) is 26.2. The molecule has 0 aliphatic heterocycles. The van der Waals surface area contributed by atoms with Crippen molar-refractivity contribution in [3.63, 3.8) is 0 Å². The first-order valence-corrected chi connectivity index (χ1v) is 32.3. The summed E-state index contributed by atoms with van der Waals surface area (Å²) in [6.07, 6.45) is 19.6. The second-order valence-corrected chi connectivity index (χ2v) is 27.5. The maximum atomic E-state index is 9.14. The van der Waals surface area contributed by atoms with Gasteiger partial charge in [-0.3, -0.25) is 0 Å². The van der Waals surface area contributed by atoms with Crippen molar-refractivity contribution in [2.75, 3.05) is 0 Å². The molecule has 0 saturated heterocycles. The van der Waals surface area contributed by atoms with Crippen LogP contribution in [-0.4, -0.2) is 0 Å². The van der Waals surface area contributed by atoms with Gasteiger partial charge in [0.15, 0.2) is 18.6 Å². The predicted octanol–water partition coefficient (Wildman–Crippen LogP) is 19.3. The highest BCUT2D eigenvalue weighted by Gasteiger charge is 2.60. The molecule has 7 unspecified atom stereocenters. The Hall–Kier alpha value is -7.23. The quantitative estimate of drug-likeness (QED) is 0.121. The lowest BCUT2D eigenvalue weighted by Crippen LogP contribution is -2.38. The summed E-state index contributed by atoms with van der Waals surface area (Å²) >= 11 is 0. The summed E-state index contributed by atoms with van der Waals surface area (Å²) in [7, 11) is 6.36. The van der Waals surface area contributed by atoms with Crippen LogP contribution in [0, 0.1) is 67.1 Å². The van der Waals surface area contributed by atoms with Gasteiger partial charge >= 0.3 is 0 Å². The second-order valence-electron chi connectivity index (χ2n) is 27.5. The Labute approximate surface area is 514 Å². The van der Waals surface area contributed by atoms with Gasteiger partial charge in [0.1, 0.15) is 21.1 Å². The maximum absolute atomic E-state index is 9.14. The molecule has 6 saturated carbocycles. The first kappa shape index (κ1) is 53.3. The molecule has 3 nitrogen and oxygen atoms in total. The molecule has 85 heavy (non-hydrogen) atoms. The Balaban J connectivity index is 0.000000122. The number of fused-ring (bicyclic) bond motifs is 6. The lowest BCUT2D eigenvalue weighted by atomic mass is 9.55. The standard InChI is InChI=1S/C30H36N.2C26H28N/c1-21-8-6-7-9-27(21)28-15-14-24(20-31(28)5)23-12-10-22(11-13-23)18-26-19-25-16-17-30(26,4)29(25,2)3;2*1-18-6-3-4-9-24(18)25-15-14-23(17-27(25)2)19-10-12-20(13-11-19)26-21-7-5-8-22(26)16-21/h6-15,20,25-26H,16-19H2,1-5H3;2*3-4,6,9-15,17,21-22,26H,5,7-8,16H2,1-2H3/q3*+1/i18D2;26D;. The summed E-state index contributed by atoms with van der Waals surface area (Å²) in [6, 6.07) is 65.4. The Morgan fingerprint density at radius 2 is 0.800 bits per heavy atom. The summed E-state index contributed by atoms with van der Waals surface area (Å²) < 4.78 is 34.0. The topological polar surface area (TPSA) is 11.6 Å². The third-order valence-electron chi connectivity index (χ3n) is 22.5. The monoisotopic (exact) mass is 1120 g/mol. The van der Waals surface area contributed by atoms with Crippen LogP contribution in [0.4, 0.5) is 0 Å². The van der Waals surface area contributed by atoms with Crippen molar-refractivity contribution in [3.8, 4) is 67.2 Å². The smallest absolute Gasteiger partial charge is 0.200 e. The van der Waals surface area contributed by atoms with E-state index in [0.717, 1.165) is 47.3 Å². The number of aryl methyl sites for hydroxylation is 6. The lowest BCUT2D eigenvalue weighted by molar-refractivity contribution is -0.660. The van der Waals surface area contributed by atoms with Gasteiger partial charge in [-0.05, 0) is 230 Å². The third kappa shape index (κ3) is 11.0. The van der Waals surface area contributed by atoms with Crippen LogP contribution in [0.3, 0.4) is 0 Å². The molecule has 0 amide bonds. The Bertz CT molecular complexity index is 3980. The van der Waals surface area contributed by atoms with E-state index in [9.17, 15) is 0 Å². The summed E-state index contributed by atoms with van der Waals surface area (Å²) in [5.74, 6) is 4.31. The molecule has 432 valence electrons. The van der Waals surface area contributed by atoms with E-state index >= 15 is 0 Å². The number of rotatable bonds is 10. The fraction of sp³-hybridized carbons (Fsp3) is 0.378. The third-order valence-corrected chi connectivity index (χ3v) is 22.5. The molecule has 9 aromatic rings. The predicted molar refractivity (Wildman–Crippen MR) is 352 cm³/mol. The number of pyridine rings is 3. The lowest BCUT2D eigenvalue weighted by Gasteiger charge is -2.50. The van der Waals surface area contributed by atoms with E-state index in [1.807, 2.05) is 12.1 Å². The molecule has 3 aromatic heterocycles. The minimum Gasteiger partial charge on any atom is -0.200 e. The van der Waals surface area contributed by atoms with E-state index in [4.69, 9.17) is 4.11 Å². The molecule has 6 bridgehead atoms. The molecule has 0 N–H and O–H groups in total. The number of aromatic nitrogens is 3. The maximum Gasteiger partial charge on any atom is 0.212 e. The van der Waals surface area contributed by atoms with Gasteiger partial charge < -0.3 is 0 Å². The average molecular weight is 1120 g/mol. The molecule has 6 aromatic carbocycles. The number of nitrogens with zero attached hydrogens (tertiary/aromatic N) is 3. The number of hydrogen-bond acceptors (Lipinski definition) is 0. The van der Waals surface area contributed by atoms with Crippen molar-refractivity contribution in [1.82, 2.24) is 0 Å². The van der Waals surface area contributed by atoms with Gasteiger partial charge in [-0.15, -0.1) is 0 Å². The van der Waals surface area contributed by atoms with E-state index in [-0.39, 0.29) is 22.6 Å². The molecule has 6 aliphatic rings. The molecule has 3 heterocycles. The Morgan fingerprint density at radius 1 is 0.424 bits per heavy atom. The molecule has 7 atom stereocenters. The number of hydrogen-bond donors (Lipinski definition) is 0. The molecule has 6 fully saturated rings. The van der Waals surface area contributed by atoms with Crippen LogP contribution >= 0.6 is 0 Å². The van der Waals surface area contributed by atoms with Crippen LogP contribution in [0.5, 0.6) is 0 Å². The van der Waals surface area contributed by atoms with Crippen LogP contribution in [0.25, 0.3) is 67.2 Å². The Kier molecular flexibility index (Phi) is 14.8. The molecular weight excluding hydrogens is 1030 g/mol. The van der Waals surface area contributed by atoms with E-state index < -0.39 is 6.37 Å². The summed E-state index contributed by atoms with van der Waals surface area (Å²) in [4.78, 5) is 0. The van der Waals surface area contributed by atoms with Gasteiger partial charge in [0.05, 0.1) is 0 Å². The van der Waals surface area contributed by atoms with Crippen LogP contribution in [0.2, 0.25) is 0 Å². The minimum absolute atomic E-state index is 0.0684. The summed E-state index contributed by atoms with van der Waals surface area (Å²) in [6.45, 7) is 13.6. The zero-order valence-corrected chi connectivity index (χ0v) is 52.2. The van der Waals surface area contributed by atoms with Gasteiger partial charge in [-0.25, -0.2) is 13.7 Å². The number of benzene rings is 6. The van der Waals surface area contributed by atoms with Gasteiger partial charge in [-0.2, -0.15) is 0 Å². The SMILES string of the molecule is Cc1ccccc1-c1ccc(-c2ccc(C3C4CCCC3C4)cc2)c[n+]1C.[2H]C([2H])(c1ccc(-c2ccc(-c3ccccc3C)[n+](C)c2)cc1)C1CC2CCC1(C)C2(C)C.[2H]C1(c2ccc(-c3ccc(-c4ccccc4C)[n+](C)c3)cc2)C2CCCC1C2. The largest absolute Gasteiger partial charge is 0.212 e. The summed E-state index contributed by atoms with van der Waals surface area (Å²) in [5.41, 5.74) is 22.6. The van der Waals surface area contributed by atoms with Crippen molar-refractivity contribution in [1.29, 1.82) is 0 Å². The van der Waals surface area contributed by atoms with Crippen molar-refractivity contribution in [3.05, 3.63) is 234 Å². The molecular formula is C82H92N3+3. The van der Waals surface area contributed by atoms with Crippen LogP contribution in [-0.2, 0) is 27.5 Å². The molecule has 0 spiro atoms. The van der Waals surface area contributed by atoms with Gasteiger partial charge in [-0.1, -0.05) is 161 Å². The van der Waals surface area contributed by atoms with Gasteiger partial charge in [0, 0.05) is 55.7 Å². The van der Waals surface area contributed by atoms with Crippen molar-refractivity contribution in [2.24, 2.45) is 67.5 Å². The first-order chi connectivity index (χ1) is 42.3. The molecule has 0 radical (unpaired) electrons. The molecule has 15 rings (SSSR count). The van der Waals surface area contributed by atoms with Crippen molar-refractivity contribution >= 4 is 0 Å². The minimum atomic E-state index is -1.31. The highest BCUT2D eigenvalue weighted by molar-refractivity contribution is 5.69. The highest BCUT2D eigenvalue weighted by Crippen LogP contribution is 2.68. The van der Waals surface area contributed by atoms with Crippen molar-refractivity contribution in [2.45, 2.75) is 130 Å². The fourth-order valence-electron chi connectivity index (χ4n) is 16.9. The summed E-state index contributed by atoms with van der Waals surface area (Å²) in [5, 5.41) is 0. The first-order valence-electron chi connectivity index (χ1n) is 33.8. The van der Waals surface area contributed by atoms with Gasteiger partial charge in [0.2, 0.25) is 17.1 Å². The van der Waals surface area contributed by atoms with E-state index in [2.05, 4.69) is 265 Å². The van der Waals surface area contributed by atoms with Crippen LogP contribution in [0.15, 0.2) is 201 Å². The van der Waals surface area contributed by atoms with Crippen molar-refractivity contribution < 1.29 is 17.8 Å². The highest BCUT2D eigenvalue weighted by atomic mass is 14.9. The van der Waals surface area contributed by atoms with Crippen LogP contribution in [0.1, 0.15) is 141 Å². The molecule has 3 heteroatoms.